The van der Waals surface area contributed by atoms with Crippen LogP contribution in [0.15, 0.2) is 30.3 Å². The van der Waals surface area contributed by atoms with Crippen LogP contribution in [0.5, 0.6) is 0 Å². The lowest BCUT2D eigenvalue weighted by Gasteiger charge is -2.49. The van der Waals surface area contributed by atoms with E-state index >= 15 is 0 Å². The summed E-state index contributed by atoms with van der Waals surface area (Å²) in [6.45, 7) is 1.97. The third-order valence-corrected chi connectivity index (χ3v) is 4.96. The maximum atomic E-state index is 12.3. The molecular formula is C17H24N2O2. The molecule has 2 N–H and O–H groups in total. The van der Waals surface area contributed by atoms with E-state index in [4.69, 9.17) is 10.5 Å². The second-order valence-electron chi connectivity index (χ2n) is 6.26. The maximum Gasteiger partial charge on any atom is 0.410 e. The van der Waals surface area contributed by atoms with Gasteiger partial charge in [-0.3, -0.25) is 0 Å². The molecule has 0 aromatic heterocycles. The van der Waals surface area contributed by atoms with E-state index in [2.05, 4.69) is 0 Å². The molecule has 2 aliphatic heterocycles. The predicted molar refractivity (Wildman–Crippen MR) is 81.6 cm³/mol. The van der Waals surface area contributed by atoms with Gasteiger partial charge in [0.05, 0.1) is 0 Å². The van der Waals surface area contributed by atoms with Crippen LogP contribution in [-0.2, 0) is 11.3 Å². The van der Waals surface area contributed by atoms with Crippen molar-refractivity contribution in [1.82, 2.24) is 4.90 Å². The van der Waals surface area contributed by atoms with Crippen LogP contribution >= 0.6 is 0 Å². The summed E-state index contributed by atoms with van der Waals surface area (Å²) in [6.07, 6.45) is 4.39. The maximum absolute atomic E-state index is 12.3. The Morgan fingerprint density at radius 2 is 2.10 bits per heavy atom. The van der Waals surface area contributed by atoms with Crippen molar-refractivity contribution in [3.63, 3.8) is 0 Å². The van der Waals surface area contributed by atoms with Crippen LogP contribution in [0.2, 0.25) is 0 Å². The molecule has 114 valence electrons. The molecule has 1 aliphatic carbocycles. The number of nitrogens with two attached hydrogens (primary N) is 1. The normalized spacial score (nSPS) is 27.7. The molecule has 4 heteroatoms. The van der Waals surface area contributed by atoms with Gasteiger partial charge in [-0.1, -0.05) is 30.3 Å². The fraction of sp³-hybridized carbons (Fsp3) is 0.588. The molecule has 21 heavy (non-hydrogen) atoms. The van der Waals surface area contributed by atoms with Gasteiger partial charge in [0.2, 0.25) is 0 Å². The molecule has 3 aliphatic rings. The van der Waals surface area contributed by atoms with Gasteiger partial charge in [0.1, 0.15) is 6.61 Å². The van der Waals surface area contributed by atoms with Crippen molar-refractivity contribution in [3.8, 4) is 0 Å². The molecule has 4 rings (SSSR count). The second kappa shape index (κ2) is 6.48. The average Bonchev–Trinajstić information content (AvgIpc) is 2.54. The zero-order valence-electron chi connectivity index (χ0n) is 12.4. The minimum absolute atomic E-state index is 0.153. The van der Waals surface area contributed by atoms with Crippen molar-refractivity contribution in [2.24, 2.45) is 17.6 Å². The fourth-order valence-corrected chi connectivity index (χ4v) is 3.82. The zero-order chi connectivity index (χ0) is 14.7. The van der Waals surface area contributed by atoms with Gasteiger partial charge < -0.3 is 15.4 Å². The quantitative estimate of drug-likeness (QED) is 0.927. The van der Waals surface area contributed by atoms with Gasteiger partial charge in [-0.2, -0.15) is 0 Å². The third-order valence-electron chi connectivity index (χ3n) is 4.96. The third kappa shape index (κ3) is 3.21. The summed E-state index contributed by atoms with van der Waals surface area (Å²) in [4.78, 5) is 14.3. The SMILES string of the molecule is NCCC1CC2CCC1CN2C(=O)OCc1ccccc1. The van der Waals surface area contributed by atoms with E-state index in [1.165, 1.54) is 6.42 Å². The number of hydrogen-bond donors (Lipinski definition) is 1. The van der Waals surface area contributed by atoms with Crippen molar-refractivity contribution in [1.29, 1.82) is 0 Å². The zero-order valence-corrected chi connectivity index (χ0v) is 12.4. The molecule has 3 fully saturated rings. The lowest BCUT2D eigenvalue weighted by Crippen LogP contribution is -2.54. The van der Waals surface area contributed by atoms with Gasteiger partial charge in [0.25, 0.3) is 0 Å². The highest BCUT2D eigenvalue weighted by Gasteiger charge is 2.42. The van der Waals surface area contributed by atoms with Crippen LogP contribution in [0.4, 0.5) is 4.79 Å². The summed E-state index contributed by atoms with van der Waals surface area (Å²) < 4.78 is 5.48. The molecule has 2 heterocycles. The smallest absolute Gasteiger partial charge is 0.410 e. The number of amides is 1. The highest BCUT2D eigenvalue weighted by Crippen LogP contribution is 2.40. The predicted octanol–water partition coefficient (Wildman–Crippen LogP) is 2.77. The van der Waals surface area contributed by atoms with Crippen LogP contribution in [0.3, 0.4) is 0 Å². The van der Waals surface area contributed by atoms with Gasteiger partial charge in [0.15, 0.2) is 0 Å². The standard InChI is InChI=1S/C17H24N2O2/c18-9-8-14-10-16-7-6-15(14)11-19(16)17(20)21-12-13-4-2-1-3-5-13/h1-5,14-16H,6-12,18H2. The molecule has 1 amide bonds. The van der Waals surface area contributed by atoms with Crippen LogP contribution < -0.4 is 5.73 Å². The van der Waals surface area contributed by atoms with E-state index in [0.717, 1.165) is 37.9 Å². The molecular weight excluding hydrogens is 264 g/mol. The molecule has 0 spiro atoms. The number of carbonyl (C=O) groups is 1. The number of rotatable bonds is 4. The number of piperidine rings is 2. The van der Waals surface area contributed by atoms with E-state index in [0.29, 0.717) is 24.5 Å². The molecule has 4 nitrogen and oxygen atoms in total. The Bertz CT molecular complexity index is 477. The number of ether oxygens (including phenoxy) is 1. The van der Waals surface area contributed by atoms with E-state index in [9.17, 15) is 4.79 Å². The monoisotopic (exact) mass is 288 g/mol. The van der Waals surface area contributed by atoms with E-state index in [1.54, 1.807) is 0 Å². The summed E-state index contributed by atoms with van der Waals surface area (Å²) in [6, 6.07) is 10.2. The van der Waals surface area contributed by atoms with Crippen LogP contribution in [0.25, 0.3) is 0 Å². The molecule has 1 saturated carbocycles. The molecule has 1 aromatic carbocycles. The van der Waals surface area contributed by atoms with Crippen molar-refractivity contribution in [2.75, 3.05) is 13.1 Å². The largest absolute Gasteiger partial charge is 0.445 e. The summed E-state index contributed by atoms with van der Waals surface area (Å²) in [7, 11) is 0. The lowest BCUT2D eigenvalue weighted by molar-refractivity contribution is -0.00313. The first-order valence-electron chi connectivity index (χ1n) is 7.95. The van der Waals surface area contributed by atoms with Gasteiger partial charge in [-0.15, -0.1) is 0 Å². The van der Waals surface area contributed by atoms with Crippen LogP contribution in [-0.4, -0.2) is 30.1 Å². The summed E-state index contributed by atoms with van der Waals surface area (Å²) in [5.74, 6) is 1.31. The van der Waals surface area contributed by atoms with Crippen molar-refractivity contribution in [2.45, 2.75) is 38.3 Å². The first-order valence-corrected chi connectivity index (χ1v) is 7.95. The van der Waals surface area contributed by atoms with Crippen molar-refractivity contribution in [3.05, 3.63) is 35.9 Å². The van der Waals surface area contributed by atoms with Gasteiger partial charge >= 0.3 is 6.09 Å². The Balaban J connectivity index is 1.54. The minimum atomic E-state index is -0.153. The van der Waals surface area contributed by atoms with Crippen LogP contribution in [0, 0.1) is 11.8 Å². The summed E-state index contributed by atoms with van der Waals surface area (Å²) in [5, 5.41) is 0. The van der Waals surface area contributed by atoms with Gasteiger partial charge in [-0.05, 0) is 49.6 Å². The number of carbonyl (C=O) groups excluding carboxylic acids is 1. The number of fused-ring (bicyclic) bond motifs is 3. The Hall–Kier alpha value is -1.55. The fourth-order valence-electron chi connectivity index (χ4n) is 3.82. The lowest BCUT2D eigenvalue weighted by atomic mass is 9.71. The number of benzene rings is 1. The van der Waals surface area contributed by atoms with E-state index in [-0.39, 0.29) is 6.09 Å². The first-order chi connectivity index (χ1) is 10.3. The number of hydrogen-bond acceptors (Lipinski definition) is 3. The molecule has 2 bridgehead atoms. The Kier molecular flexibility index (Phi) is 4.44. The molecule has 1 aromatic rings. The van der Waals surface area contributed by atoms with Gasteiger partial charge in [-0.25, -0.2) is 4.79 Å². The highest BCUT2D eigenvalue weighted by atomic mass is 16.6. The van der Waals surface area contributed by atoms with E-state index < -0.39 is 0 Å². The van der Waals surface area contributed by atoms with Gasteiger partial charge in [0, 0.05) is 12.6 Å². The van der Waals surface area contributed by atoms with E-state index in [1.807, 2.05) is 35.2 Å². The molecule has 0 radical (unpaired) electrons. The molecule has 2 saturated heterocycles. The van der Waals surface area contributed by atoms with Crippen LogP contribution in [0.1, 0.15) is 31.2 Å². The molecule has 3 unspecified atom stereocenters. The Morgan fingerprint density at radius 1 is 1.29 bits per heavy atom. The minimum Gasteiger partial charge on any atom is -0.445 e. The Morgan fingerprint density at radius 3 is 2.76 bits per heavy atom. The number of nitrogens with zero attached hydrogens (tertiary/aromatic N) is 1. The second-order valence-corrected chi connectivity index (χ2v) is 6.26. The van der Waals surface area contributed by atoms with Crippen molar-refractivity contribution >= 4 is 6.09 Å². The summed E-state index contributed by atoms with van der Waals surface area (Å²) in [5.41, 5.74) is 6.73. The Labute approximate surface area is 126 Å². The highest BCUT2D eigenvalue weighted by molar-refractivity contribution is 5.68. The molecule has 3 atom stereocenters. The topological polar surface area (TPSA) is 55.6 Å². The van der Waals surface area contributed by atoms with Crippen molar-refractivity contribution < 1.29 is 9.53 Å². The summed E-state index contributed by atoms with van der Waals surface area (Å²) >= 11 is 0. The first kappa shape index (κ1) is 14.4. The average molecular weight is 288 g/mol.